The van der Waals surface area contributed by atoms with Crippen LogP contribution >= 0.6 is 11.6 Å². The van der Waals surface area contributed by atoms with Crippen LogP contribution in [-0.2, 0) is 17.8 Å². The summed E-state index contributed by atoms with van der Waals surface area (Å²) < 4.78 is 1.13. The van der Waals surface area contributed by atoms with E-state index in [4.69, 9.17) is 16.7 Å². The number of H-pyrrole nitrogens is 1. The molecule has 0 unspecified atom stereocenters. The van der Waals surface area contributed by atoms with Crippen molar-refractivity contribution in [3.63, 3.8) is 0 Å². The topological polar surface area (TPSA) is 112 Å². The molecule has 0 amide bonds. The number of hydrogen-bond donors (Lipinski definition) is 3. The molecule has 124 valence electrons. The molecule has 0 bridgehead atoms. The Hall–Kier alpha value is -2.87. The summed E-state index contributed by atoms with van der Waals surface area (Å²) in [6.07, 6.45) is -0.382. The minimum atomic E-state index is -1.09. The van der Waals surface area contributed by atoms with Crippen LogP contribution < -0.4 is 10.9 Å². The van der Waals surface area contributed by atoms with Gasteiger partial charge in [-0.3, -0.25) is 14.7 Å². The minimum Gasteiger partial charge on any atom is -0.481 e. The molecule has 1 aromatic carbocycles. The van der Waals surface area contributed by atoms with E-state index in [-0.39, 0.29) is 17.8 Å². The highest BCUT2D eigenvalue weighted by Gasteiger charge is 2.15. The number of fused-ring (bicyclic) bond motifs is 1. The van der Waals surface area contributed by atoms with Crippen LogP contribution in [-0.4, -0.2) is 30.7 Å². The van der Waals surface area contributed by atoms with Crippen molar-refractivity contribution in [1.29, 1.82) is 0 Å². The Kier molecular flexibility index (Phi) is 4.22. The molecule has 0 fully saturated rings. The maximum absolute atomic E-state index is 12.4. The Bertz CT molecular complexity index is 962. The Balaban J connectivity index is 1.88. The molecule has 0 aliphatic heterocycles. The first-order valence-corrected chi connectivity index (χ1v) is 7.50. The third-order valence-electron chi connectivity index (χ3n) is 3.50. The second-order valence-electron chi connectivity index (χ2n) is 5.24. The molecule has 3 rings (SSSR count). The highest BCUT2D eigenvalue weighted by Crippen LogP contribution is 2.11. The zero-order valence-electron chi connectivity index (χ0n) is 12.7. The number of aryl methyl sites for hydroxylation is 1. The van der Waals surface area contributed by atoms with E-state index < -0.39 is 11.5 Å². The van der Waals surface area contributed by atoms with E-state index in [1.807, 2.05) is 12.1 Å². The Morgan fingerprint density at radius 1 is 1.33 bits per heavy atom. The lowest BCUT2D eigenvalue weighted by atomic mass is 10.2. The van der Waals surface area contributed by atoms with E-state index in [0.29, 0.717) is 23.2 Å². The number of carboxylic acids is 1. The number of rotatable bonds is 5. The number of carbonyl (C=O) groups is 1. The highest BCUT2D eigenvalue weighted by molar-refractivity contribution is 6.30. The van der Waals surface area contributed by atoms with Crippen molar-refractivity contribution < 1.29 is 9.90 Å². The number of carboxylic acid groups (broad SMARTS) is 1. The Morgan fingerprint density at radius 3 is 2.71 bits per heavy atom. The van der Waals surface area contributed by atoms with Crippen molar-refractivity contribution in [2.24, 2.45) is 0 Å². The zero-order chi connectivity index (χ0) is 17.3. The van der Waals surface area contributed by atoms with Gasteiger partial charge in [0, 0.05) is 11.6 Å². The van der Waals surface area contributed by atoms with Crippen LogP contribution in [0.2, 0.25) is 5.02 Å². The van der Waals surface area contributed by atoms with Crippen LogP contribution in [0.15, 0.2) is 29.1 Å². The van der Waals surface area contributed by atoms with Gasteiger partial charge in [-0.25, -0.2) is 4.98 Å². The zero-order valence-corrected chi connectivity index (χ0v) is 13.5. The molecule has 0 radical (unpaired) electrons. The Labute approximate surface area is 141 Å². The summed E-state index contributed by atoms with van der Waals surface area (Å²) in [6.45, 7) is 2.07. The molecule has 2 heterocycles. The number of hydrogen-bond acceptors (Lipinski definition) is 5. The third kappa shape index (κ3) is 3.23. The predicted molar refractivity (Wildman–Crippen MR) is 88.5 cm³/mol. The predicted octanol–water partition coefficient (Wildman–Crippen LogP) is 1.62. The minimum absolute atomic E-state index is 0.132. The van der Waals surface area contributed by atoms with Crippen LogP contribution in [0.4, 0.5) is 5.95 Å². The second kappa shape index (κ2) is 6.32. The summed E-state index contributed by atoms with van der Waals surface area (Å²) in [5.41, 5.74) is 1.01. The summed E-state index contributed by atoms with van der Waals surface area (Å²) in [4.78, 5) is 31.6. The molecule has 9 heteroatoms. The van der Waals surface area contributed by atoms with Gasteiger partial charge in [0.25, 0.3) is 11.3 Å². The molecule has 3 aromatic rings. The van der Waals surface area contributed by atoms with Crippen molar-refractivity contribution in [1.82, 2.24) is 19.6 Å². The maximum atomic E-state index is 12.4. The number of halogens is 1. The molecule has 3 N–H and O–H groups in total. The molecule has 2 aromatic heterocycles. The van der Waals surface area contributed by atoms with Crippen molar-refractivity contribution >= 4 is 29.3 Å². The van der Waals surface area contributed by atoms with Crippen LogP contribution in [0.3, 0.4) is 0 Å². The second-order valence-corrected chi connectivity index (χ2v) is 5.68. The monoisotopic (exact) mass is 347 g/mol. The van der Waals surface area contributed by atoms with Crippen molar-refractivity contribution in [3.05, 3.63) is 56.5 Å². The molecule has 24 heavy (non-hydrogen) atoms. The third-order valence-corrected chi connectivity index (χ3v) is 3.75. The van der Waals surface area contributed by atoms with E-state index in [2.05, 4.69) is 20.4 Å². The molecule has 0 aliphatic rings. The number of aliphatic carboxylic acids is 1. The van der Waals surface area contributed by atoms with Crippen molar-refractivity contribution in [2.75, 3.05) is 5.32 Å². The Morgan fingerprint density at radius 2 is 2.04 bits per heavy atom. The van der Waals surface area contributed by atoms with Crippen molar-refractivity contribution in [3.8, 4) is 0 Å². The number of anilines is 1. The van der Waals surface area contributed by atoms with Crippen LogP contribution in [0.5, 0.6) is 0 Å². The standard InChI is InChI=1S/C15H14ClN5O3/c1-8-11(6-12(22)23)13(24)21-15(18-8)19-14(20-21)17-7-9-2-4-10(16)5-3-9/h2-5H,6-7H2,1H3,(H,22,23)(H2,17,18,19,20). The van der Waals surface area contributed by atoms with Crippen LogP contribution in [0, 0.1) is 6.92 Å². The van der Waals surface area contributed by atoms with E-state index in [1.54, 1.807) is 19.1 Å². The summed E-state index contributed by atoms with van der Waals surface area (Å²) in [5.74, 6) is -0.538. The van der Waals surface area contributed by atoms with Gasteiger partial charge in [0.2, 0.25) is 5.95 Å². The fraction of sp³-hybridized carbons (Fsp3) is 0.200. The smallest absolute Gasteiger partial charge is 0.308 e. The van der Waals surface area contributed by atoms with Gasteiger partial charge in [-0.1, -0.05) is 23.7 Å². The fourth-order valence-corrected chi connectivity index (χ4v) is 2.40. The van der Waals surface area contributed by atoms with Gasteiger partial charge < -0.3 is 10.4 Å². The summed E-state index contributed by atoms with van der Waals surface area (Å²) in [7, 11) is 0. The van der Waals surface area contributed by atoms with E-state index in [1.165, 1.54) is 0 Å². The maximum Gasteiger partial charge on any atom is 0.308 e. The van der Waals surface area contributed by atoms with Gasteiger partial charge in [-0.05, 0) is 24.6 Å². The van der Waals surface area contributed by atoms with Gasteiger partial charge in [-0.2, -0.15) is 9.50 Å². The number of benzene rings is 1. The normalized spacial score (nSPS) is 10.9. The molecule has 0 spiro atoms. The molecular formula is C15H14ClN5O3. The molecule has 8 nitrogen and oxygen atoms in total. The van der Waals surface area contributed by atoms with Crippen LogP contribution in [0.25, 0.3) is 5.78 Å². The lowest BCUT2D eigenvalue weighted by Crippen LogP contribution is -2.24. The number of nitrogens with zero attached hydrogens (tertiary/aromatic N) is 3. The fourth-order valence-electron chi connectivity index (χ4n) is 2.28. The first-order chi connectivity index (χ1) is 11.4. The molecule has 0 aliphatic carbocycles. The van der Waals surface area contributed by atoms with E-state index in [9.17, 15) is 9.59 Å². The summed E-state index contributed by atoms with van der Waals surface area (Å²) in [5, 5.41) is 15.4. The molecule has 0 saturated carbocycles. The quantitative estimate of drug-likeness (QED) is 0.646. The first-order valence-electron chi connectivity index (χ1n) is 7.12. The van der Waals surface area contributed by atoms with Gasteiger partial charge in [0.1, 0.15) is 0 Å². The number of nitrogens with one attached hydrogen (secondary N) is 2. The lowest BCUT2D eigenvalue weighted by Gasteiger charge is -2.02. The average molecular weight is 348 g/mol. The SMILES string of the molecule is Cc1nc2nc(NCc3ccc(Cl)cc3)[nH]n2c(=O)c1CC(=O)O. The molecule has 0 saturated heterocycles. The first kappa shape index (κ1) is 16.0. The van der Waals surface area contributed by atoms with Gasteiger partial charge in [0.15, 0.2) is 0 Å². The van der Waals surface area contributed by atoms with Crippen LogP contribution in [0.1, 0.15) is 16.8 Å². The van der Waals surface area contributed by atoms with Gasteiger partial charge >= 0.3 is 5.97 Å². The van der Waals surface area contributed by atoms with E-state index in [0.717, 1.165) is 10.1 Å². The average Bonchev–Trinajstić information content (AvgIpc) is 2.94. The van der Waals surface area contributed by atoms with Gasteiger partial charge in [-0.15, -0.1) is 0 Å². The summed E-state index contributed by atoms with van der Waals surface area (Å²) in [6, 6.07) is 7.31. The largest absolute Gasteiger partial charge is 0.481 e. The number of aromatic amines is 1. The lowest BCUT2D eigenvalue weighted by molar-refractivity contribution is -0.136. The summed E-state index contributed by atoms with van der Waals surface area (Å²) >= 11 is 5.84. The molecule has 0 atom stereocenters. The van der Waals surface area contributed by atoms with E-state index >= 15 is 0 Å². The highest BCUT2D eigenvalue weighted by atomic mass is 35.5. The van der Waals surface area contributed by atoms with Gasteiger partial charge in [0.05, 0.1) is 17.7 Å². The van der Waals surface area contributed by atoms with Crippen molar-refractivity contribution in [2.45, 2.75) is 19.9 Å². The molecular weight excluding hydrogens is 334 g/mol. The number of aromatic nitrogens is 4.